The number of esters is 2. The van der Waals surface area contributed by atoms with Gasteiger partial charge in [0.1, 0.15) is 17.2 Å². The van der Waals surface area contributed by atoms with E-state index < -0.39 is 17.4 Å². The van der Waals surface area contributed by atoms with Gasteiger partial charge in [0.25, 0.3) is 0 Å². The summed E-state index contributed by atoms with van der Waals surface area (Å²) in [7, 11) is 0. The number of rotatable bonds is 16. The van der Waals surface area contributed by atoms with Crippen molar-refractivity contribution in [2.45, 2.75) is 65.2 Å². The van der Waals surface area contributed by atoms with Gasteiger partial charge in [-0.05, 0) is 85.6 Å². The molecule has 0 amide bonds. The predicted octanol–water partition coefficient (Wildman–Crippen LogP) is 7.40. The summed E-state index contributed by atoms with van der Waals surface area (Å²) in [5.41, 5.74) is 0.0969. The van der Waals surface area contributed by atoms with Gasteiger partial charge in [-0.2, -0.15) is 0 Å². The number of carbonyl (C=O) groups is 2. The minimum absolute atomic E-state index is 0.140. The van der Waals surface area contributed by atoms with Crippen LogP contribution in [0.15, 0.2) is 77.6 Å². The van der Waals surface area contributed by atoms with Crippen LogP contribution in [0.25, 0.3) is 0 Å². The molecular formula is C33H38O7. The molecule has 0 aliphatic carbocycles. The van der Waals surface area contributed by atoms with Gasteiger partial charge in [0.05, 0.1) is 24.3 Å². The molecule has 3 aromatic rings. The number of carbonyl (C=O) groups excluding carboxylic acids is 2. The molecular weight excluding hydrogens is 508 g/mol. The molecule has 0 aromatic heterocycles. The molecule has 212 valence electrons. The molecule has 40 heavy (non-hydrogen) atoms. The van der Waals surface area contributed by atoms with E-state index in [0.717, 1.165) is 32.1 Å². The molecule has 0 spiro atoms. The van der Waals surface area contributed by atoms with Crippen LogP contribution in [0.4, 0.5) is 0 Å². The monoisotopic (exact) mass is 546 g/mol. The van der Waals surface area contributed by atoms with Crippen molar-refractivity contribution >= 4 is 11.9 Å². The van der Waals surface area contributed by atoms with Crippen molar-refractivity contribution in [3.05, 3.63) is 94.1 Å². The molecule has 0 unspecified atom stereocenters. The van der Waals surface area contributed by atoms with Crippen LogP contribution >= 0.6 is 0 Å². The van der Waals surface area contributed by atoms with Gasteiger partial charge in [-0.15, -0.1) is 0 Å². The Morgan fingerprint density at radius 3 is 1.48 bits per heavy atom. The minimum Gasteiger partial charge on any atom is -0.494 e. The number of hydrogen-bond donors (Lipinski definition) is 0. The summed E-state index contributed by atoms with van der Waals surface area (Å²) in [5.74, 6) is 0.0549. The maximum absolute atomic E-state index is 12.6. The lowest BCUT2D eigenvalue weighted by molar-refractivity contribution is 0.0722. The Kier molecular flexibility index (Phi) is 12.7. The molecule has 0 saturated heterocycles. The van der Waals surface area contributed by atoms with E-state index in [0.29, 0.717) is 30.3 Å². The van der Waals surface area contributed by atoms with E-state index in [9.17, 15) is 14.4 Å². The average molecular weight is 547 g/mol. The summed E-state index contributed by atoms with van der Waals surface area (Å²) in [5, 5.41) is 0. The van der Waals surface area contributed by atoms with E-state index in [2.05, 4.69) is 13.8 Å². The van der Waals surface area contributed by atoms with E-state index in [1.54, 1.807) is 48.5 Å². The Balaban J connectivity index is 1.53. The van der Waals surface area contributed by atoms with Crippen molar-refractivity contribution in [3.8, 4) is 23.0 Å². The molecule has 0 bridgehead atoms. The summed E-state index contributed by atoms with van der Waals surface area (Å²) in [4.78, 5) is 37.7. The quantitative estimate of drug-likeness (QED) is 0.137. The Hall–Kier alpha value is -4.13. The molecule has 7 heteroatoms. The number of benzene rings is 2. The minimum atomic E-state index is -0.677. The SMILES string of the molecule is CCCCCCOc1ccc(C(=O)Oc2ccc(OC(=O)c3ccc(OCCCCCC)cc3)c(=O)cc2)cc1. The standard InChI is InChI=1S/C33H38O7/c1-3-5-7-9-23-37-27-15-11-25(12-16-27)32(35)39-29-19-21-30(34)31(22-20-29)40-33(36)26-13-17-28(18-14-26)38-24-10-8-6-4-2/h11-22H,3-10,23-24H2,1-2H3. The largest absolute Gasteiger partial charge is 0.494 e. The van der Waals surface area contributed by atoms with Crippen LogP contribution in [0, 0.1) is 0 Å². The van der Waals surface area contributed by atoms with Gasteiger partial charge < -0.3 is 18.9 Å². The second-order valence-electron chi connectivity index (χ2n) is 9.44. The Morgan fingerprint density at radius 1 is 0.525 bits per heavy atom. The molecule has 7 nitrogen and oxygen atoms in total. The Bertz CT molecular complexity index is 1270. The summed E-state index contributed by atoms with van der Waals surface area (Å²) in [6, 6.07) is 18.5. The first kappa shape index (κ1) is 30.4. The van der Waals surface area contributed by atoms with Gasteiger partial charge in [0.2, 0.25) is 5.43 Å². The van der Waals surface area contributed by atoms with Crippen LogP contribution in [0.3, 0.4) is 0 Å². The summed E-state index contributed by atoms with van der Waals surface area (Å²) in [6.07, 6.45) is 8.92. The molecule has 0 N–H and O–H groups in total. The summed E-state index contributed by atoms with van der Waals surface area (Å²) < 4.78 is 22.1. The normalized spacial score (nSPS) is 10.6. The zero-order valence-corrected chi connectivity index (χ0v) is 23.4. The van der Waals surface area contributed by atoms with Gasteiger partial charge in [-0.1, -0.05) is 52.4 Å². The van der Waals surface area contributed by atoms with Gasteiger partial charge in [0, 0.05) is 0 Å². The Morgan fingerprint density at radius 2 is 0.975 bits per heavy atom. The van der Waals surface area contributed by atoms with E-state index in [1.165, 1.54) is 43.5 Å². The van der Waals surface area contributed by atoms with Crippen molar-refractivity contribution in [1.29, 1.82) is 0 Å². The average Bonchev–Trinajstić information content (AvgIpc) is 3.14. The number of unbranched alkanes of at least 4 members (excludes halogenated alkanes) is 6. The number of hydrogen-bond acceptors (Lipinski definition) is 7. The second kappa shape index (κ2) is 16.7. The van der Waals surface area contributed by atoms with Crippen molar-refractivity contribution in [2.24, 2.45) is 0 Å². The van der Waals surface area contributed by atoms with Crippen LogP contribution in [0.5, 0.6) is 23.0 Å². The molecule has 3 rings (SSSR count). The fourth-order valence-electron chi connectivity index (χ4n) is 3.82. The van der Waals surface area contributed by atoms with Crippen LogP contribution in [0.2, 0.25) is 0 Å². The smallest absolute Gasteiger partial charge is 0.343 e. The van der Waals surface area contributed by atoms with E-state index in [1.807, 2.05) is 0 Å². The Labute approximate surface area is 236 Å². The third kappa shape index (κ3) is 10.2. The maximum atomic E-state index is 12.6. The highest BCUT2D eigenvalue weighted by Crippen LogP contribution is 2.18. The molecule has 0 aliphatic heterocycles. The second-order valence-corrected chi connectivity index (χ2v) is 9.44. The van der Waals surface area contributed by atoms with Gasteiger partial charge in [-0.3, -0.25) is 4.79 Å². The lowest BCUT2D eigenvalue weighted by atomic mass is 10.2. The zero-order valence-electron chi connectivity index (χ0n) is 23.4. The van der Waals surface area contributed by atoms with Gasteiger partial charge >= 0.3 is 11.9 Å². The molecule has 0 fully saturated rings. The predicted molar refractivity (Wildman–Crippen MR) is 155 cm³/mol. The van der Waals surface area contributed by atoms with Crippen molar-refractivity contribution < 1.29 is 28.5 Å². The lowest BCUT2D eigenvalue weighted by Gasteiger charge is -2.07. The fourth-order valence-corrected chi connectivity index (χ4v) is 3.82. The van der Waals surface area contributed by atoms with Crippen molar-refractivity contribution in [1.82, 2.24) is 0 Å². The zero-order chi connectivity index (χ0) is 28.6. The highest BCUT2D eigenvalue weighted by molar-refractivity contribution is 5.92. The van der Waals surface area contributed by atoms with Crippen LogP contribution in [0.1, 0.15) is 85.9 Å². The van der Waals surface area contributed by atoms with Crippen molar-refractivity contribution in [3.63, 3.8) is 0 Å². The van der Waals surface area contributed by atoms with Crippen LogP contribution in [-0.4, -0.2) is 25.2 Å². The third-order valence-electron chi connectivity index (χ3n) is 6.17. The highest BCUT2D eigenvalue weighted by Gasteiger charge is 2.13. The van der Waals surface area contributed by atoms with Crippen LogP contribution < -0.4 is 24.4 Å². The summed E-state index contributed by atoms with van der Waals surface area (Å²) in [6.45, 7) is 5.57. The van der Waals surface area contributed by atoms with Crippen molar-refractivity contribution in [2.75, 3.05) is 13.2 Å². The fraction of sp³-hybridized carbons (Fsp3) is 0.364. The van der Waals surface area contributed by atoms with Crippen LogP contribution in [-0.2, 0) is 0 Å². The van der Waals surface area contributed by atoms with Gasteiger partial charge in [0.15, 0.2) is 5.75 Å². The molecule has 0 aliphatic rings. The molecule has 0 saturated carbocycles. The first-order valence-electron chi connectivity index (χ1n) is 14.0. The summed E-state index contributed by atoms with van der Waals surface area (Å²) >= 11 is 0. The lowest BCUT2D eigenvalue weighted by Crippen LogP contribution is -2.13. The maximum Gasteiger partial charge on any atom is 0.343 e. The van der Waals surface area contributed by atoms with Gasteiger partial charge in [-0.25, -0.2) is 9.59 Å². The number of ether oxygens (including phenoxy) is 4. The van der Waals surface area contributed by atoms with E-state index >= 15 is 0 Å². The first-order valence-corrected chi connectivity index (χ1v) is 14.0. The molecule has 0 atom stereocenters. The molecule has 0 heterocycles. The topological polar surface area (TPSA) is 88.1 Å². The molecule has 3 aromatic carbocycles. The first-order chi connectivity index (χ1) is 19.5. The third-order valence-corrected chi connectivity index (χ3v) is 6.17. The highest BCUT2D eigenvalue weighted by atomic mass is 16.5. The van der Waals surface area contributed by atoms with E-state index in [-0.39, 0.29) is 17.1 Å². The van der Waals surface area contributed by atoms with E-state index in [4.69, 9.17) is 18.9 Å². The molecule has 0 radical (unpaired) electrons.